The summed E-state index contributed by atoms with van der Waals surface area (Å²) >= 11 is 11.5. The molecule has 3 nitrogen and oxygen atoms in total. The number of anilines is 2. The molecule has 0 radical (unpaired) electrons. The van der Waals surface area contributed by atoms with Gasteiger partial charge in [0.2, 0.25) is 0 Å². The lowest BCUT2D eigenvalue weighted by atomic mass is 9.93. The minimum Gasteiger partial charge on any atom is -0.314 e. The Hall–Kier alpha value is -0.690. The Morgan fingerprint density at radius 3 is 2.75 bits per heavy atom. The van der Waals surface area contributed by atoms with Gasteiger partial charge in [0.15, 0.2) is 5.13 Å². The van der Waals surface area contributed by atoms with Crippen LogP contribution in [0.3, 0.4) is 0 Å². The lowest BCUT2D eigenvalue weighted by Gasteiger charge is -2.37. The summed E-state index contributed by atoms with van der Waals surface area (Å²) in [5, 5.41) is 1.41. The number of fused-ring (bicyclic) bond motifs is 1. The Kier molecular flexibility index (Phi) is 4.58. The van der Waals surface area contributed by atoms with Crippen LogP contribution in [0.4, 0.5) is 15.2 Å². The molecule has 2 fully saturated rings. The fraction of sp³-hybridized carbons (Fsp3) is 0.471. The monoisotopic (exact) mass is 429 g/mol. The van der Waals surface area contributed by atoms with Crippen LogP contribution in [-0.2, 0) is 0 Å². The second kappa shape index (κ2) is 6.56. The highest BCUT2D eigenvalue weighted by atomic mass is 79.9. The van der Waals surface area contributed by atoms with E-state index in [0.29, 0.717) is 10.7 Å². The molecule has 7 heteroatoms. The molecule has 1 aromatic carbocycles. The van der Waals surface area contributed by atoms with Gasteiger partial charge in [0, 0.05) is 12.1 Å². The average Bonchev–Trinajstić information content (AvgIpc) is 3.23. The van der Waals surface area contributed by atoms with Crippen molar-refractivity contribution in [2.75, 3.05) is 24.5 Å². The number of hydrogen-bond acceptors (Lipinski definition) is 4. The summed E-state index contributed by atoms with van der Waals surface area (Å²) in [6.07, 6.45) is 6.61. The van der Waals surface area contributed by atoms with Crippen molar-refractivity contribution in [2.24, 2.45) is 0 Å². The minimum atomic E-state index is -0.276. The molecule has 4 rings (SSSR count). The topological polar surface area (TPSA) is 19.4 Å². The highest BCUT2D eigenvalue weighted by molar-refractivity contribution is 9.11. The fourth-order valence-electron chi connectivity index (χ4n) is 4.10. The molecular formula is C17H18BrClFN3S. The highest BCUT2D eigenvalue weighted by Gasteiger charge is 2.45. The van der Waals surface area contributed by atoms with Crippen LogP contribution in [-0.4, -0.2) is 35.1 Å². The summed E-state index contributed by atoms with van der Waals surface area (Å²) in [7, 11) is 0. The number of rotatable bonds is 4. The van der Waals surface area contributed by atoms with Gasteiger partial charge in [-0.25, -0.2) is 9.37 Å². The smallest absolute Gasteiger partial charge is 0.190 e. The first kappa shape index (κ1) is 16.8. The van der Waals surface area contributed by atoms with Gasteiger partial charge in [0.25, 0.3) is 0 Å². The molecule has 2 aliphatic rings. The Morgan fingerprint density at radius 1 is 1.33 bits per heavy atom. The Balaban J connectivity index is 1.75. The van der Waals surface area contributed by atoms with E-state index in [4.69, 9.17) is 11.6 Å². The van der Waals surface area contributed by atoms with E-state index in [1.54, 1.807) is 23.6 Å². The van der Waals surface area contributed by atoms with E-state index in [-0.39, 0.29) is 11.4 Å². The zero-order chi connectivity index (χ0) is 16.7. The van der Waals surface area contributed by atoms with Crippen LogP contribution in [0.1, 0.15) is 25.7 Å². The van der Waals surface area contributed by atoms with Crippen molar-refractivity contribution in [3.05, 3.63) is 39.0 Å². The van der Waals surface area contributed by atoms with Crippen LogP contribution < -0.4 is 4.90 Å². The summed E-state index contributed by atoms with van der Waals surface area (Å²) in [6.45, 7) is 3.12. The maximum Gasteiger partial charge on any atom is 0.190 e. The van der Waals surface area contributed by atoms with E-state index in [1.807, 2.05) is 0 Å². The number of hydrogen-bond donors (Lipinski definition) is 0. The summed E-state index contributed by atoms with van der Waals surface area (Å²) in [6, 6.07) is 4.54. The molecule has 2 aliphatic heterocycles. The van der Waals surface area contributed by atoms with Crippen molar-refractivity contribution in [3.63, 3.8) is 0 Å². The predicted molar refractivity (Wildman–Crippen MR) is 101 cm³/mol. The normalized spacial score (nSPS) is 19.6. The van der Waals surface area contributed by atoms with Crippen LogP contribution in [0, 0.1) is 5.82 Å². The van der Waals surface area contributed by atoms with E-state index in [9.17, 15) is 4.39 Å². The van der Waals surface area contributed by atoms with Gasteiger partial charge in [-0.1, -0.05) is 22.9 Å². The van der Waals surface area contributed by atoms with Gasteiger partial charge in [0.05, 0.1) is 20.7 Å². The number of halogens is 3. The van der Waals surface area contributed by atoms with Crippen molar-refractivity contribution in [3.8, 4) is 0 Å². The molecule has 0 amide bonds. The minimum absolute atomic E-state index is 0.161. The molecule has 3 heterocycles. The first-order valence-electron chi connectivity index (χ1n) is 8.16. The quantitative estimate of drug-likeness (QED) is 0.641. The molecule has 2 saturated heterocycles. The molecule has 0 saturated carbocycles. The summed E-state index contributed by atoms with van der Waals surface area (Å²) < 4.78 is 14.8. The lowest BCUT2D eigenvalue weighted by Crippen LogP contribution is -2.47. The van der Waals surface area contributed by atoms with Gasteiger partial charge in [-0.2, -0.15) is 0 Å². The van der Waals surface area contributed by atoms with Gasteiger partial charge < -0.3 is 4.90 Å². The fourth-order valence-corrected chi connectivity index (χ4v) is 5.51. The third kappa shape index (κ3) is 2.98. The molecule has 0 N–H and O–H groups in total. The van der Waals surface area contributed by atoms with Crippen LogP contribution in [0.25, 0.3) is 0 Å². The SMILES string of the molecule is Fc1ccc(Cl)c(N(CC23CCCN2CCC3)c2ncc(Br)s2)c1. The van der Waals surface area contributed by atoms with Crippen molar-refractivity contribution in [1.29, 1.82) is 0 Å². The van der Waals surface area contributed by atoms with Gasteiger partial charge in [-0.3, -0.25) is 4.90 Å². The summed E-state index contributed by atoms with van der Waals surface area (Å²) in [5.41, 5.74) is 0.861. The molecule has 0 unspecified atom stereocenters. The van der Waals surface area contributed by atoms with E-state index in [2.05, 4.69) is 30.7 Å². The third-order valence-electron chi connectivity index (χ3n) is 5.16. The first-order chi connectivity index (χ1) is 11.6. The summed E-state index contributed by atoms with van der Waals surface area (Å²) in [5.74, 6) is -0.276. The van der Waals surface area contributed by atoms with Crippen molar-refractivity contribution >= 4 is 49.7 Å². The van der Waals surface area contributed by atoms with Crippen molar-refractivity contribution in [1.82, 2.24) is 9.88 Å². The van der Waals surface area contributed by atoms with Crippen molar-refractivity contribution in [2.45, 2.75) is 31.2 Å². The maximum absolute atomic E-state index is 13.9. The Labute approximate surface area is 158 Å². The molecular weight excluding hydrogens is 413 g/mol. The zero-order valence-corrected chi connectivity index (χ0v) is 16.3. The van der Waals surface area contributed by atoms with Gasteiger partial charge in [-0.05, 0) is 72.9 Å². The maximum atomic E-state index is 13.9. The summed E-state index contributed by atoms with van der Waals surface area (Å²) in [4.78, 5) is 9.21. The van der Waals surface area contributed by atoms with E-state index < -0.39 is 0 Å². The van der Waals surface area contributed by atoms with Gasteiger partial charge in [-0.15, -0.1) is 0 Å². The first-order valence-corrected chi connectivity index (χ1v) is 10.2. The standard InChI is InChI=1S/C17H18BrClFN3S/c18-15-10-21-16(24-15)23(14-9-12(20)3-4-13(14)19)11-17-5-1-7-22(17)8-2-6-17/h3-4,9-10H,1-2,5-8,11H2. The molecule has 24 heavy (non-hydrogen) atoms. The number of aromatic nitrogens is 1. The zero-order valence-electron chi connectivity index (χ0n) is 13.1. The van der Waals surface area contributed by atoms with Gasteiger partial charge in [0.1, 0.15) is 5.82 Å². The lowest BCUT2D eigenvalue weighted by molar-refractivity contribution is 0.203. The van der Waals surface area contributed by atoms with E-state index in [0.717, 1.165) is 28.6 Å². The second-order valence-corrected chi connectivity index (χ2v) is 9.34. The molecule has 0 atom stereocenters. The predicted octanol–water partition coefficient (Wildman–Crippen LogP) is 5.46. The highest BCUT2D eigenvalue weighted by Crippen LogP contribution is 2.44. The molecule has 0 aliphatic carbocycles. The van der Waals surface area contributed by atoms with Crippen LogP contribution in [0.5, 0.6) is 0 Å². The molecule has 2 aromatic rings. The number of benzene rings is 1. The molecule has 0 bridgehead atoms. The molecule has 1 aromatic heterocycles. The van der Waals surface area contributed by atoms with Crippen LogP contribution in [0.2, 0.25) is 5.02 Å². The largest absolute Gasteiger partial charge is 0.314 e. The number of nitrogens with zero attached hydrogens (tertiary/aromatic N) is 3. The average molecular weight is 431 g/mol. The van der Waals surface area contributed by atoms with Gasteiger partial charge >= 0.3 is 0 Å². The third-order valence-corrected chi connectivity index (χ3v) is 6.98. The number of thiazole rings is 1. The van der Waals surface area contributed by atoms with Crippen molar-refractivity contribution < 1.29 is 4.39 Å². The van der Waals surface area contributed by atoms with E-state index in [1.165, 1.54) is 37.8 Å². The van der Waals surface area contributed by atoms with Crippen LogP contribution >= 0.6 is 38.9 Å². The Morgan fingerprint density at radius 2 is 2.08 bits per heavy atom. The molecule has 0 spiro atoms. The van der Waals surface area contributed by atoms with Crippen LogP contribution in [0.15, 0.2) is 28.2 Å². The van der Waals surface area contributed by atoms with E-state index >= 15 is 0 Å². The molecule has 128 valence electrons. The Bertz CT molecular complexity index is 743. The second-order valence-electron chi connectivity index (χ2n) is 6.55.